The molecule has 2 heterocycles. The van der Waals surface area contributed by atoms with Gasteiger partial charge in [0.2, 0.25) is 5.91 Å². The second-order valence-corrected chi connectivity index (χ2v) is 5.64. The van der Waals surface area contributed by atoms with Gasteiger partial charge in [-0.1, -0.05) is 30.4 Å². The summed E-state index contributed by atoms with van der Waals surface area (Å²) < 4.78 is 10.1. The number of benzene rings is 1. The molecule has 0 spiro atoms. The molecule has 0 aliphatic carbocycles. The highest BCUT2D eigenvalue weighted by Crippen LogP contribution is 2.28. The Bertz CT molecular complexity index is 643. The first-order chi connectivity index (χ1) is 11.2. The van der Waals surface area contributed by atoms with E-state index in [1.165, 1.54) is 7.11 Å². The van der Waals surface area contributed by atoms with Crippen LogP contribution < -0.4 is 4.74 Å². The van der Waals surface area contributed by atoms with E-state index in [0.717, 1.165) is 11.3 Å². The molecular formula is C17H20N2O4. The molecule has 6 heteroatoms. The van der Waals surface area contributed by atoms with E-state index in [-0.39, 0.29) is 11.9 Å². The number of rotatable bonds is 5. The molecule has 1 aromatic carbocycles. The van der Waals surface area contributed by atoms with E-state index in [1.807, 2.05) is 30.3 Å². The van der Waals surface area contributed by atoms with E-state index in [4.69, 9.17) is 9.47 Å². The molecule has 0 bridgehead atoms. The first-order valence-corrected chi connectivity index (χ1v) is 7.56. The lowest BCUT2D eigenvalue weighted by Crippen LogP contribution is -2.44. The highest BCUT2D eigenvalue weighted by atomic mass is 16.5. The predicted octanol–water partition coefficient (Wildman–Crippen LogP) is 0.819. The lowest BCUT2D eigenvalue weighted by atomic mass is 10.2. The van der Waals surface area contributed by atoms with Gasteiger partial charge in [0.25, 0.3) is 0 Å². The highest BCUT2D eigenvalue weighted by Gasteiger charge is 2.45. The molecule has 3 rings (SSSR count). The fourth-order valence-corrected chi connectivity index (χ4v) is 2.90. The number of amides is 1. The molecule has 0 saturated carbocycles. The predicted molar refractivity (Wildman–Crippen MR) is 83.8 cm³/mol. The van der Waals surface area contributed by atoms with Crippen LogP contribution in [0.15, 0.2) is 36.4 Å². The summed E-state index contributed by atoms with van der Waals surface area (Å²) in [5, 5.41) is 0. The van der Waals surface area contributed by atoms with E-state index in [1.54, 1.807) is 18.1 Å². The van der Waals surface area contributed by atoms with Gasteiger partial charge in [0.05, 0.1) is 14.2 Å². The Kier molecular flexibility index (Phi) is 4.34. The Morgan fingerprint density at radius 2 is 2.04 bits per heavy atom. The van der Waals surface area contributed by atoms with Gasteiger partial charge in [-0.2, -0.15) is 0 Å². The van der Waals surface area contributed by atoms with E-state index in [0.29, 0.717) is 19.6 Å². The quantitative estimate of drug-likeness (QED) is 0.457. The summed E-state index contributed by atoms with van der Waals surface area (Å²) in [6, 6.07) is 7.01. The van der Waals surface area contributed by atoms with Crippen LogP contribution in [0.5, 0.6) is 5.75 Å². The van der Waals surface area contributed by atoms with Crippen LogP contribution in [-0.2, 0) is 20.9 Å². The number of esters is 1. The van der Waals surface area contributed by atoms with Crippen LogP contribution in [0.3, 0.4) is 0 Å². The number of nitrogens with zero attached hydrogens (tertiary/aromatic N) is 2. The summed E-state index contributed by atoms with van der Waals surface area (Å²) in [4.78, 5) is 28.0. The topological polar surface area (TPSA) is 58.8 Å². The number of methoxy groups -OCH3 is 2. The average Bonchev–Trinajstić information content (AvgIpc) is 3.17. The van der Waals surface area contributed by atoms with Crippen molar-refractivity contribution in [3.63, 3.8) is 0 Å². The minimum Gasteiger partial charge on any atom is -0.496 e. The van der Waals surface area contributed by atoms with E-state index < -0.39 is 12.0 Å². The third-order valence-corrected chi connectivity index (χ3v) is 4.25. The summed E-state index contributed by atoms with van der Waals surface area (Å²) in [7, 11) is 2.98. The van der Waals surface area contributed by atoms with Gasteiger partial charge in [-0.25, -0.2) is 4.79 Å². The smallest absolute Gasteiger partial charge is 0.332 e. The normalized spacial score (nSPS) is 25.3. The van der Waals surface area contributed by atoms with Crippen molar-refractivity contribution >= 4 is 11.9 Å². The molecule has 23 heavy (non-hydrogen) atoms. The molecule has 3 atom stereocenters. The molecule has 0 radical (unpaired) electrons. The third-order valence-electron chi connectivity index (χ3n) is 4.25. The minimum absolute atomic E-state index is 0.0275. The van der Waals surface area contributed by atoms with Gasteiger partial charge >= 0.3 is 5.97 Å². The molecule has 1 fully saturated rings. The van der Waals surface area contributed by atoms with Crippen molar-refractivity contribution in [1.82, 2.24) is 9.80 Å². The summed E-state index contributed by atoms with van der Waals surface area (Å²) in [5.41, 5.74) is 1.05. The second kappa shape index (κ2) is 6.42. The number of hydrogen-bond acceptors (Lipinski definition) is 5. The van der Waals surface area contributed by atoms with Crippen molar-refractivity contribution < 1.29 is 19.1 Å². The van der Waals surface area contributed by atoms with Crippen molar-refractivity contribution in [2.45, 2.75) is 18.6 Å². The van der Waals surface area contributed by atoms with Gasteiger partial charge in [-0.3, -0.25) is 9.69 Å². The molecule has 1 saturated heterocycles. The van der Waals surface area contributed by atoms with Crippen LogP contribution in [0.4, 0.5) is 0 Å². The summed E-state index contributed by atoms with van der Waals surface area (Å²) in [5.74, 6) is 0.394. The van der Waals surface area contributed by atoms with Gasteiger partial charge in [0.1, 0.15) is 17.8 Å². The average molecular weight is 316 g/mol. The van der Waals surface area contributed by atoms with Crippen molar-refractivity contribution in [3.05, 3.63) is 42.0 Å². The maximum Gasteiger partial charge on any atom is 0.332 e. The number of ether oxygens (including phenoxy) is 2. The Morgan fingerprint density at radius 3 is 2.78 bits per heavy atom. The third kappa shape index (κ3) is 3.07. The number of carbonyl (C=O) groups excluding carboxylic acids is 2. The van der Waals surface area contributed by atoms with Crippen molar-refractivity contribution in [3.8, 4) is 5.75 Å². The van der Waals surface area contributed by atoms with Gasteiger partial charge in [0.15, 0.2) is 0 Å². The van der Waals surface area contributed by atoms with Crippen molar-refractivity contribution in [2.24, 2.45) is 0 Å². The lowest BCUT2D eigenvalue weighted by Gasteiger charge is -2.22. The molecule has 2 aliphatic rings. The van der Waals surface area contributed by atoms with Crippen LogP contribution in [0.1, 0.15) is 5.56 Å². The van der Waals surface area contributed by atoms with Crippen molar-refractivity contribution in [1.29, 1.82) is 0 Å². The zero-order valence-corrected chi connectivity index (χ0v) is 13.3. The number of hydrogen-bond donors (Lipinski definition) is 0. The standard InChI is InChI=1S/C17H20N2O4/c1-22-15-8-4-3-6-12(15)10-18-11-14(18)16(20)19-9-5-7-13(19)17(21)23-2/h3-8,13-14H,9-11H2,1-2H3. The van der Waals surface area contributed by atoms with Crippen LogP contribution >= 0.6 is 0 Å². The van der Waals surface area contributed by atoms with Crippen molar-refractivity contribution in [2.75, 3.05) is 27.3 Å². The Morgan fingerprint density at radius 1 is 1.26 bits per heavy atom. The van der Waals surface area contributed by atoms with E-state index in [2.05, 4.69) is 4.90 Å². The van der Waals surface area contributed by atoms with Gasteiger partial charge in [-0.05, 0) is 6.07 Å². The highest BCUT2D eigenvalue weighted by molar-refractivity contribution is 5.91. The van der Waals surface area contributed by atoms with Crippen LogP contribution in [-0.4, -0.2) is 61.1 Å². The Labute approximate surface area is 135 Å². The zero-order chi connectivity index (χ0) is 16.4. The van der Waals surface area contributed by atoms with Crippen LogP contribution in [0.25, 0.3) is 0 Å². The molecule has 0 aromatic heterocycles. The molecule has 0 N–H and O–H groups in total. The molecule has 1 aromatic rings. The van der Waals surface area contributed by atoms with Crippen LogP contribution in [0.2, 0.25) is 0 Å². The SMILES string of the molecule is COC(=O)C1C=CCN1C(=O)C1CN1Cc1ccccc1OC. The molecular weight excluding hydrogens is 296 g/mol. The molecule has 2 aliphatic heterocycles. The number of para-hydroxylation sites is 1. The molecule has 3 unspecified atom stereocenters. The number of carbonyl (C=O) groups is 2. The van der Waals surface area contributed by atoms with Gasteiger partial charge < -0.3 is 14.4 Å². The summed E-state index contributed by atoms with van der Waals surface area (Å²) >= 11 is 0. The van der Waals surface area contributed by atoms with Gasteiger partial charge in [-0.15, -0.1) is 0 Å². The molecule has 1 amide bonds. The molecule has 6 nitrogen and oxygen atoms in total. The summed E-state index contributed by atoms with van der Waals surface area (Å²) in [6.07, 6.45) is 3.54. The van der Waals surface area contributed by atoms with Crippen LogP contribution in [0, 0.1) is 0 Å². The maximum atomic E-state index is 12.6. The lowest BCUT2D eigenvalue weighted by molar-refractivity contribution is -0.149. The zero-order valence-electron chi connectivity index (χ0n) is 13.3. The second-order valence-electron chi connectivity index (χ2n) is 5.64. The maximum absolute atomic E-state index is 12.6. The minimum atomic E-state index is -0.596. The fraction of sp³-hybridized carbons (Fsp3) is 0.412. The van der Waals surface area contributed by atoms with E-state index in [9.17, 15) is 9.59 Å². The first kappa shape index (κ1) is 15.6. The first-order valence-electron chi connectivity index (χ1n) is 7.56. The van der Waals surface area contributed by atoms with E-state index >= 15 is 0 Å². The Hall–Kier alpha value is -2.34. The molecule has 122 valence electrons. The van der Waals surface area contributed by atoms with Gasteiger partial charge in [0, 0.05) is 25.2 Å². The Balaban J connectivity index is 1.62. The summed E-state index contributed by atoms with van der Waals surface area (Å²) in [6.45, 7) is 1.81. The largest absolute Gasteiger partial charge is 0.496 e. The monoisotopic (exact) mass is 316 g/mol. The fourth-order valence-electron chi connectivity index (χ4n) is 2.90.